The van der Waals surface area contributed by atoms with Crippen molar-refractivity contribution >= 4 is 45.9 Å². The number of amides is 3. The number of esters is 1. The standard InChI is InChI=1S/C46H59N7O7S/c1-8-52-34-17-16-28-22-30(34)31(39(52)29-14-12-18-47-37(29)27(4)58-7)23-46(5,6)25-60-45(57)32-15-13-21-53(50-32)44(56)38(40(59-9-2)42-48-33(28)24-61-42)49-41(54)35-26(3)36(35)43(55)51-19-10-11-20-51/h12,14,16-18,22,24,26-27,32,35-36,38,40,50H,8-11,13,15,19-21,23,25H2,1-7H3,(H,49,54)/t26-,27+,32+,35-,36-,38?,40+/m1/s1. The molecule has 3 fully saturated rings. The SMILES string of the molecule is CCO[C@@H]1c2nc(cs2)-c2ccc3c(c2)c(c(-c2cccnc2[C@H](C)OC)n3CC)CC(C)(C)COC(=O)[C@@H]2CCCN(N2)C(=O)C1NC(=O)[C@@H]1[C@@H](C)[C@H]1C(=O)N1CCCC1. The number of ether oxygens (including phenoxy) is 3. The number of thiazole rings is 1. The van der Waals surface area contributed by atoms with Crippen LogP contribution in [0.3, 0.4) is 0 Å². The first kappa shape index (κ1) is 43.0. The highest BCUT2D eigenvalue weighted by molar-refractivity contribution is 7.10. The van der Waals surface area contributed by atoms with Gasteiger partial charge >= 0.3 is 5.97 Å². The van der Waals surface area contributed by atoms with E-state index in [1.807, 2.05) is 37.1 Å². The molecule has 15 heteroatoms. The Kier molecular flexibility index (Phi) is 12.4. The quantitative estimate of drug-likeness (QED) is 0.185. The summed E-state index contributed by atoms with van der Waals surface area (Å²) in [7, 11) is 1.69. The van der Waals surface area contributed by atoms with E-state index in [0.717, 1.165) is 51.8 Å². The van der Waals surface area contributed by atoms with Crippen molar-refractivity contribution in [3.05, 3.63) is 58.2 Å². The summed E-state index contributed by atoms with van der Waals surface area (Å²) in [6.07, 6.45) is 4.12. The second-order valence-electron chi connectivity index (χ2n) is 17.8. The molecule has 8 rings (SSSR count). The fourth-order valence-corrected chi connectivity index (χ4v) is 10.5. The lowest BCUT2D eigenvalue weighted by molar-refractivity contribution is -0.156. The monoisotopic (exact) mass is 853 g/mol. The van der Waals surface area contributed by atoms with Crippen molar-refractivity contribution in [2.75, 3.05) is 40.0 Å². The highest BCUT2D eigenvalue weighted by Gasteiger charge is 2.58. The molecule has 1 aliphatic carbocycles. The maximum Gasteiger partial charge on any atom is 0.324 e. The van der Waals surface area contributed by atoms with E-state index in [9.17, 15) is 19.2 Å². The van der Waals surface area contributed by atoms with Gasteiger partial charge in [-0.05, 0) is 88.6 Å². The number of fused-ring (bicyclic) bond motifs is 6. The number of hydrogen-bond donors (Lipinski definition) is 2. The molecule has 0 spiro atoms. The van der Waals surface area contributed by atoms with Gasteiger partial charge in [-0.15, -0.1) is 11.3 Å². The molecule has 7 atom stereocenters. The number of carbonyl (C=O) groups excluding carboxylic acids is 4. The average Bonchev–Trinajstić information content (AvgIpc) is 3.71. The third kappa shape index (κ3) is 8.33. The number of likely N-dealkylation sites (tertiary alicyclic amines) is 1. The predicted octanol–water partition coefficient (Wildman–Crippen LogP) is 6.24. The van der Waals surface area contributed by atoms with Gasteiger partial charge in [0.2, 0.25) is 11.8 Å². The van der Waals surface area contributed by atoms with Crippen molar-refractivity contribution in [3.8, 4) is 22.5 Å². The number of hydrazine groups is 1. The summed E-state index contributed by atoms with van der Waals surface area (Å²) in [6, 6.07) is 8.45. The third-order valence-corrected chi connectivity index (χ3v) is 13.9. The number of nitrogens with one attached hydrogen (secondary N) is 2. The molecule has 326 valence electrons. The Balaban J connectivity index is 1.23. The number of benzene rings is 1. The molecule has 1 saturated carbocycles. The van der Waals surface area contributed by atoms with Crippen LogP contribution in [0.25, 0.3) is 33.4 Å². The van der Waals surface area contributed by atoms with Crippen molar-refractivity contribution in [1.82, 2.24) is 35.2 Å². The Morgan fingerprint density at radius 2 is 1.89 bits per heavy atom. The van der Waals surface area contributed by atoms with Gasteiger partial charge in [-0.2, -0.15) is 0 Å². The van der Waals surface area contributed by atoms with Crippen molar-refractivity contribution in [2.45, 2.75) is 104 Å². The summed E-state index contributed by atoms with van der Waals surface area (Å²) in [6.45, 7) is 14.9. The number of aryl methyl sites for hydroxylation is 1. The Labute approximate surface area is 361 Å². The second kappa shape index (κ2) is 17.6. The summed E-state index contributed by atoms with van der Waals surface area (Å²) >= 11 is 1.37. The second-order valence-corrected chi connectivity index (χ2v) is 18.6. The normalized spacial score (nSPS) is 25.9. The molecule has 14 nitrogen and oxygen atoms in total. The number of methoxy groups -OCH3 is 1. The van der Waals surface area contributed by atoms with Gasteiger partial charge in [0.15, 0.2) is 0 Å². The van der Waals surface area contributed by atoms with Gasteiger partial charge in [0.25, 0.3) is 5.91 Å². The number of pyridine rings is 1. The highest BCUT2D eigenvalue weighted by Crippen LogP contribution is 2.48. The number of carbonyl (C=O) groups is 4. The van der Waals surface area contributed by atoms with Crippen LogP contribution in [0.1, 0.15) is 95.7 Å². The van der Waals surface area contributed by atoms with E-state index in [0.29, 0.717) is 56.1 Å². The van der Waals surface area contributed by atoms with Gasteiger partial charge in [0.1, 0.15) is 23.2 Å². The van der Waals surface area contributed by atoms with Gasteiger partial charge < -0.3 is 29.0 Å². The fraction of sp³-hybridized carbons (Fsp3) is 0.565. The van der Waals surface area contributed by atoms with Crippen molar-refractivity contribution in [2.24, 2.45) is 23.2 Å². The topological polar surface area (TPSA) is 157 Å². The van der Waals surface area contributed by atoms with Gasteiger partial charge in [-0.3, -0.25) is 29.2 Å². The number of aromatic nitrogens is 3. The Hall–Kier alpha value is -4.70. The molecule has 3 aromatic heterocycles. The minimum absolute atomic E-state index is 0.00118. The molecular weight excluding hydrogens is 795 g/mol. The Bertz CT molecular complexity index is 2300. The van der Waals surface area contributed by atoms with Crippen LogP contribution in [0, 0.1) is 23.2 Å². The molecule has 6 bridgehead atoms. The fourth-order valence-electron chi connectivity index (χ4n) is 9.58. The van der Waals surface area contributed by atoms with Gasteiger partial charge in [-0.25, -0.2) is 10.4 Å². The van der Waals surface area contributed by atoms with E-state index in [-0.39, 0.29) is 37.0 Å². The van der Waals surface area contributed by atoms with E-state index in [1.54, 1.807) is 13.3 Å². The lowest BCUT2D eigenvalue weighted by Crippen LogP contribution is -2.61. The number of nitrogens with zero attached hydrogens (tertiary/aromatic N) is 5. The average molecular weight is 854 g/mol. The van der Waals surface area contributed by atoms with E-state index >= 15 is 0 Å². The van der Waals surface area contributed by atoms with Crippen molar-refractivity contribution < 1.29 is 33.4 Å². The van der Waals surface area contributed by atoms with Crippen molar-refractivity contribution in [1.29, 1.82) is 0 Å². The summed E-state index contributed by atoms with van der Waals surface area (Å²) in [5.41, 5.74) is 9.27. The molecule has 61 heavy (non-hydrogen) atoms. The molecule has 1 aromatic carbocycles. The first-order valence-electron chi connectivity index (χ1n) is 21.9. The number of rotatable bonds is 9. The molecule has 3 aliphatic heterocycles. The predicted molar refractivity (Wildman–Crippen MR) is 232 cm³/mol. The largest absolute Gasteiger partial charge is 0.464 e. The van der Waals surface area contributed by atoms with Crippen LogP contribution in [-0.4, -0.2) is 100 Å². The van der Waals surface area contributed by atoms with Crippen LogP contribution in [0.5, 0.6) is 0 Å². The molecule has 2 saturated heterocycles. The van der Waals surface area contributed by atoms with Crippen LogP contribution in [0.2, 0.25) is 0 Å². The van der Waals surface area contributed by atoms with Gasteiger partial charge in [0.05, 0.1) is 41.6 Å². The zero-order chi connectivity index (χ0) is 43.2. The molecule has 4 aromatic rings. The summed E-state index contributed by atoms with van der Waals surface area (Å²) in [4.78, 5) is 68.1. The van der Waals surface area contributed by atoms with Crippen LogP contribution >= 0.6 is 11.3 Å². The van der Waals surface area contributed by atoms with Gasteiger partial charge in [0, 0.05) is 78.9 Å². The molecule has 1 unspecified atom stereocenters. The van der Waals surface area contributed by atoms with E-state index in [4.69, 9.17) is 24.2 Å². The molecular formula is C46H59N7O7S. The van der Waals surface area contributed by atoms with Crippen LogP contribution in [0.4, 0.5) is 0 Å². The minimum atomic E-state index is -1.19. The van der Waals surface area contributed by atoms with Crippen LogP contribution < -0.4 is 10.7 Å². The lowest BCUT2D eigenvalue weighted by Gasteiger charge is -2.37. The number of cyclic esters (lactones) is 1. The molecule has 2 N–H and O–H groups in total. The Morgan fingerprint density at radius 3 is 2.62 bits per heavy atom. The smallest absolute Gasteiger partial charge is 0.324 e. The third-order valence-electron chi connectivity index (χ3n) is 13.0. The Morgan fingerprint density at radius 1 is 1.10 bits per heavy atom. The van der Waals surface area contributed by atoms with E-state index < -0.39 is 47.3 Å². The first-order valence-corrected chi connectivity index (χ1v) is 22.8. The zero-order valence-electron chi connectivity index (χ0n) is 36.4. The lowest BCUT2D eigenvalue weighted by atomic mass is 9.84. The summed E-state index contributed by atoms with van der Waals surface area (Å²) < 4.78 is 20.6. The minimum Gasteiger partial charge on any atom is -0.464 e. The summed E-state index contributed by atoms with van der Waals surface area (Å²) in [5, 5.41) is 8.02. The van der Waals surface area contributed by atoms with Crippen molar-refractivity contribution in [3.63, 3.8) is 0 Å². The molecule has 0 radical (unpaired) electrons. The maximum absolute atomic E-state index is 14.8. The highest BCUT2D eigenvalue weighted by atomic mass is 32.1. The zero-order valence-corrected chi connectivity index (χ0v) is 37.2. The van der Waals surface area contributed by atoms with Crippen LogP contribution in [0.15, 0.2) is 41.9 Å². The van der Waals surface area contributed by atoms with E-state index in [2.05, 4.69) is 60.3 Å². The van der Waals surface area contributed by atoms with E-state index in [1.165, 1.54) is 16.3 Å². The first-order chi connectivity index (χ1) is 29.3. The van der Waals surface area contributed by atoms with Gasteiger partial charge in [-0.1, -0.05) is 26.8 Å². The molecule has 4 aliphatic rings. The molecule has 6 heterocycles. The van der Waals surface area contributed by atoms with Crippen LogP contribution in [-0.2, 0) is 46.4 Å². The summed E-state index contributed by atoms with van der Waals surface area (Å²) in [5.74, 6) is -2.42. The molecule has 3 amide bonds. The number of hydrogen-bond acceptors (Lipinski definition) is 11. The maximum atomic E-state index is 14.8.